The number of fused-ring (bicyclic) bond motifs is 1. The number of pyridine rings is 1. The topological polar surface area (TPSA) is 65.1 Å². The van der Waals surface area contributed by atoms with Crippen molar-refractivity contribution >= 4 is 16.6 Å². The van der Waals surface area contributed by atoms with E-state index in [1.54, 1.807) is 37.6 Å². The summed E-state index contributed by atoms with van der Waals surface area (Å²) in [5.74, 6) is 0.372. The standard InChI is InChI=1S/C15H12N2O3/c1-9(18)13-8-17(2)15(19)11-4-3-10(7-12(11)13)14-16-5-6-20-14/h3-8H,1-2H3. The zero-order valence-electron chi connectivity index (χ0n) is 11.1. The Labute approximate surface area is 114 Å². The van der Waals surface area contributed by atoms with Gasteiger partial charge in [0.25, 0.3) is 5.56 Å². The van der Waals surface area contributed by atoms with E-state index < -0.39 is 0 Å². The molecule has 0 saturated carbocycles. The van der Waals surface area contributed by atoms with Gasteiger partial charge in [0, 0.05) is 35.1 Å². The minimum Gasteiger partial charge on any atom is -0.445 e. The number of hydrogen-bond acceptors (Lipinski definition) is 4. The molecule has 0 amide bonds. The first-order valence-electron chi connectivity index (χ1n) is 6.12. The summed E-state index contributed by atoms with van der Waals surface area (Å²) in [7, 11) is 1.64. The van der Waals surface area contributed by atoms with Crippen LogP contribution in [0.5, 0.6) is 0 Å². The van der Waals surface area contributed by atoms with Gasteiger partial charge in [-0.15, -0.1) is 0 Å². The molecular formula is C15H12N2O3. The van der Waals surface area contributed by atoms with Crippen LogP contribution < -0.4 is 5.56 Å². The second kappa shape index (κ2) is 4.45. The van der Waals surface area contributed by atoms with Crippen LogP contribution in [-0.4, -0.2) is 15.3 Å². The summed E-state index contributed by atoms with van der Waals surface area (Å²) in [6, 6.07) is 5.22. The van der Waals surface area contributed by atoms with E-state index in [-0.39, 0.29) is 11.3 Å². The van der Waals surface area contributed by atoms with Crippen molar-refractivity contribution in [3.05, 3.63) is 52.8 Å². The second-order valence-electron chi connectivity index (χ2n) is 4.61. The molecule has 2 aromatic heterocycles. The minimum absolute atomic E-state index is 0.0878. The van der Waals surface area contributed by atoms with E-state index in [1.165, 1.54) is 17.8 Å². The van der Waals surface area contributed by atoms with Crippen LogP contribution in [0.2, 0.25) is 0 Å². The second-order valence-corrected chi connectivity index (χ2v) is 4.61. The van der Waals surface area contributed by atoms with Crippen molar-refractivity contribution < 1.29 is 9.21 Å². The van der Waals surface area contributed by atoms with Crippen LogP contribution >= 0.6 is 0 Å². The van der Waals surface area contributed by atoms with Crippen LogP contribution in [0, 0.1) is 0 Å². The predicted octanol–water partition coefficient (Wildman–Crippen LogP) is 2.40. The molecule has 100 valence electrons. The molecule has 0 radical (unpaired) electrons. The number of ketones is 1. The van der Waals surface area contributed by atoms with Gasteiger partial charge in [-0.25, -0.2) is 4.98 Å². The van der Waals surface area contributed by atoms with E-state index >= 15 is 0 Å². The van der Waals surface area contributed by atoms with Crippen LogP contribution in [0.4, 0.5) is 0 Å². The molecule has 1 aromatic carbocycles. The van der Waals surface area contributed by atoms with Gasteiger partial charge in [0.2, 0.25) is 5.89 Å². The van der Waals surface area contributed by atoms with E-state index in [2.05, 4.69) is 4.98 Å². The highest BCUT2D eigenvalue weighted by atomic mass is 16.3. The number of benzene rings is 1. The van der Waals surface area contributed by atoms with Crippen molar-refractivity contribution in [3.63, 3.8) is 0 Å². The largest absolute Gasteiger partial charge is 0.445 e. The Morgan fingerprint density at radius 3 is 2.75 bits per heavy atom. The molecule has 3 aromatic rings. The minimum atomic E-state index is -0.135. The number of nitrogens with zero attached hydrogens (tertiary/aromatic N) is 2. The fraction of sp³-hybridized carbons (Fsp3) is 0.133. The molecule has 0 unspecified atom stereocenters. The first-order valence-corrected chi connectivity index (χ1v) is 6.12. The van der Waals surface area contributed by atoms with Gasteiger partial charge in [0.1, 0.15) is 6.26 Å². The summed E-state index contributed by atoms with van der Waals surface area (Å²) >= 11 is 0. The Morgan fingerprint density at radius 1 is 1.30 bits per heavy atom. The molecule has 0 bridgehead atoms. The predicted molar refractivity (Wildman–Crippen MR) is 74.7 cm³/mol. The highest BCUT2D eigenvalue weighted by Gasteiger charge is 2.12. The number of oxazole rings is 1. The van der Waals surface area contributed by atoms with Crippen molar-refractivity contribution in [1.82, 2.24) is 9.55 Å². The van der Waals surface area contributed by atoms with Crippen molar-refractivity contribution in [2.75, 3.05) is 0 Å². The van der Waals surface area contributed by atoms with Gasteiger partial charge in [0.15, 0.2) is 5.78 Å². The fourth-order valence-corrected chi connectivity index (χ4v) is 2.24. The summed E-state index contributed by atoms with van der Waals surface area (Å²) < 4.78 is 6.66. The van der Waals surface area contributed by atoms with Crippen molar-refractivity contribution in [1.29, 1.82) is 0 Å². The number of carbonyl (C=O) groups excluding carboxylic acids is 1. The quantitative estimate of drug-likeness (QED) is 0.669. The number of aryl methyl sites for hydroxylation is 1. The average molecular weight is 268 g/mol. The Hall–Kier alpha value is -2.69. The van der Waals surface area contributed by atoms with Gasteiger partial charge >= 0.3 is 0 Å². The summed E-state index contributed by atoms with van der Waals surface area (Å²) in [6.45, 7) is 1.48. The zero-order chi connectivity index (χ0) is 14.3. The lowest BCUT2D eigenvalue weighted by Gasteiger charge is -2.07. The summed E-state index contributed by atoms with van der Waals surface area (Å²) in [4.78, 5) is 28.0. The van der Waals surface area contributed by atoms with Gasteiger partial charge < -0.3 is 8.98 Å². The Kier molecular flexibility index (Phi) is 2.75. The third-order valence-corrected chi connectivity index (χ3v) is 3.24. The van der Waals surface area contributed by atoms with Crippen molar-refractivity contribution in [2.24, 2.45) is 7.05 Å². The van der Waals surface area contributed by atoms with Crippen LogP contribution in [0.25, 0.3) is 22.2 Å². The maximum Gasteiger partial charge on any atom is 0.258 e. The lowest BCUT2D eigenvalue weighted by molar-refractivity contribution is 0.101. The number of aromatic nitrogens is 2. The van der Waals surface area contributed by atoms with Crippen molar-refractivity contribution in [2.45, 2.75) is 6.92 Å². The Balaban J connectivity index is 2.38. The molecule has 2 heterocycles. The van der Waals surface area contributed by atoms with E-state index in [1.807, 2.05) is 0 Å². The Morgan fingerprint density at radius 2 is 2.10 bits per heavy atom. The lowest BCUT2D eigenvalue weighted by atomic mass is 10.0. The number of hydrogen-bond donors (Lipinski definition) is 0. The molecule has 0 saturated heterocycles. The summed E-state index contributed by atoms with van der Waals surface area (Å²) in [5.41, 5.74) is 1.11. The number of Topliss-reactive ketones (excluding diaryl/α,β-unsaturated/α-hetero) is 1. The SMILES string of the molecule is CC(=O)c1cn(C)c(=O)c2ccc(-c3ncco3)cc12. The molecule has 20 heavy (non-hydrogen) atoms. The molecule has 0 aliphatic heterocycles. The lowest BCUT2D eigenvalue weighted by Crippen LogP contribution is -2.18. The van der Waals surface area contributed by atoms with E-state index in [4.69, 9.17) is 4.42 Å². The highest BCUT2D eigenvalue weighted by molar-refractivity contribution is 6.07. The molecule has 0 N–H and O–H groups in total. The smallest absolute Gasteiger partial charge is 0.258 e. The summed E-state index contributed by atoms with van der Waals surface area (Å²) in [6.07, 6.45) is 4.59. The van der Waals surface area contributed by atoms with Gasteiger partial charge in [-0.3, -0.25) is 9.59 Å². The zero-order valence-corrected chi connectivity index (χ0v) is 11.1. The molecule has 0 aliphatic rings. The van der Waals surface area contributed by atoms with Crippen LogP contribution in [-0.2, 0) is 7.05 Å². The molecule has 0 fully saturated rings. The van der Waals surface area contributed by atoms with Gasteiger partial charge in [-0.2, -0.15) is 0 Å². The van der Waals surface area contributed by atoms with E-state index in [0.29, 0.717) is 22.2 Å². The molecule has 5 heteroatoms. The fourth-order valence-electron chi connectivity index (χ4n) is 2.24. The number of carbonyl (C=O) groups is 1. The van der Waals surface area contributed by atoms with Crippen LogP contribution in [0.15, 0.2) is 46.1 Å². The molecule has 0 aliphatic carbocycles. The summed E-state index contributed by atoms with van der Waals surface area (Å²) in [5, 5.41) is 1.13. The van der Waals surface area contributed by atoms with Gasteiger partial charge in [-0.05, 0) is 25.1 Å². The molecule has 3 rings (SSSR count). The molecule has 0 atom stereocenters. The monoisotopic (exact) mass is 268 g/mol. The maximum absolute atomic E-state index is 12.1. The first-order chi connectivity index (χ1) is 9.58. The Bertz CT molecular complexity index is 861. The average Bonchev–Trinajstić information content (AvgIpc) is 2.96. The highest BCUT2D eigenvalue weighted by Crippen LogP contribution is 2.24. The number of rotatable bonds is 2. The van der Waals surface area contributed by atoms with E-state index in [0.717, 1.165) is 5.56 Å². The van der Waals surface area contributed by atoms with E-state index in [9.17, 15) is 9.59 Å². The molecule has 0 spiro atoms. The molecule has 5 nitrogen and oxygen atoms in total. The van der Waals surface area contributed by atoms with Crippen molar-refractivity contribution in [3.8, 4) is 11.5 Å². The van der Waals surface area contributed by atoms with Crippen LogP contribution in [0.3, 0.4) is 0 Å². The van der Waals surface area contributed by atoms with Gasteiger partial charge in [-0.1, -0.05) is 0 Å². The van der Waals surface area contributed by atoms with Crippen LogP contribution in [0.1, 0.15) is 17.3 Å². The maximum atomic E-state index is 12.1. The van der Waals surface area contributed by atoms with Gasteiger partial charge in [0.05, 0.1) is 6.20 Å². The normalized spacial score (nSPS) is 10.9. The third-order valence-electron chi connectivity index (χ3n) is 3.24. The first kappa shape index (κ1) is 12.3. The third kappa shape index (κ3) is 1.84. The molecular weight excluding hydrogens is 256 g/mol.